The van der Waals surface area contributed by atoms with Crippen LogP contribution in [0.15, 0.2) is 24.3 Å². The number of carboxylic acids is 4. The molecule has 0 saturated heterocycles. The van der Waals surface area contributed by atoms with Crippen LogP contribution in [0.1, 0.15) is 336 Å². The van der Waals surface area contributed by atoms with Crippen molar-refractivity contribution in [2.75, 3.05) is 0 Å². The fraction of sp³-hybridized carbons (Fsp3) is 0.867. The zero-order valence-electron chi connectivity index (χ0n) is 46.1. The van der Waals surface area contributed by atoms with Gasteiger partial charge < -0.3 is 39.6 Å². The maximum absolute atomic E-state index is 10.2. The maximum Gasteiger partial charge on any atom is 2.00 e. The van der Waals surface area contributed by atoms with Crippen molar-refractivity contribution in [2.45, 2.75) is 336 Å². The molecule has 70 heavy (non-hydrogen) atoms. The van der Waals surface area contributed by atoms with Crippen LogP contribution in [0.2, 0.25) is 0 Å². The fourth-order valence-electron chi connectivity index (χ4n) is 7.84. The van der Waals surface area contributed by atoms with Crippen LogP contribution in [-0.4, -0.2) is 23.9 Å². The van der Waals surface area contributed by atoms with Crippen molar-refractivity contribution in [1.82, 2.24) is 0 Å². The molecule has 0 N–H and O–H groups in total. The van der Waals surface area contributed by atoms with E-state index in [-0.39, 0.29) is 59.8 Å². The molecule has 422 valence electrons. The second-order valence-corrected chi connectivity index (χ2v) is 19.3. The molecule has 0 spiro atoms. The third kappa shape index (κ3) is 96.0. The zero-order chi connectivity index (χ0) is 51.1. The molecule has 0 fully saturated rings. The molecule has 0 unspecified atom stereocenters. The van der Waals surface area contributed by atoms with Gasteiger partial charge in [0.1, 0.15) is 0 Å². The monoisotopic (exact) mass is 1090 g/mol. The summed E-state index contributed by atoms with van der Waals surface area (Å²) in [5.41, 5.74) is 0. The van der Waals surface area contributed by atoms with Gasteiger partial charge in [0, 0.05) is 23.9 Å². The van der Waals surface area contributed by atoms with Crippen LogP contribution in [0, 0.1) is 0 Å². The largest absolute Gasteiger partial charge is 2.00 e. The topological polar surface area (TPSA) is 161 Å². The minimum Gasteiger partial charge on any atom is -0.550 e. The van der Waals surface area contributed by atoms with Crippen molar-refractivity contribution in [2.24, 2.45) is 0 Å². The summed E-state index contributed by atoms with van der Waals surface area (Å²) < 4.78 is 0. The molecule has 0 bridgehead atoms. The molecule has 0 aliphatic carbocycles. The Balaban J connectivity index is -0.000000196. The number of allylic oxidation sites excluding steroid dienone is 4. The third-order valence-corrected chi connectivity index (χ3v) is 12.3. The van der Waals surface area contributed by atoms with Gasteiger partial charge in [0.25, 0.3) is 0 Å². The van der Waals surface area contributed by atoms with Crippen LogP contribution < -0.4 is 20.4 Å². The first-order valence-corrected chi connectivity index (χ1v) is 29.2. The standard InChI is InChI=1S/2C18H34O2.2C12H24O2.2Cu/c2*1-2-3-4-5-6-7-8-9-10-11-12-13-14-15-16-17-18(19)20;2*1-2-3-4-5-6-7-8-9-10-11-12(13)14;;/h2*9-10H,2-8,11-17H2,1H3,(H,19,20);2*2-11H2,1H3,(H,13,14);;/q;;;;2*+2/p-4/b2*10-9-;;;;. The quantitative estimate of drug-likeness (QED) is 0.0330. The van der Waals surface area contributed by atoms with Crippen LogP contribution in [0.3, 0.4) is 0 Å². The van der Waals surface area contributed by atoms with Crippen molar-refractivity contribution in [3.63, 3.8) is 0 Å². The molecule has 0 amide bonds. The van der Waals surface area contributed by atoms with Gasteiger partial charge in [-0.1, -0.05) is 257 Å². The van der Waals surface area contributed by atoms with Crippen LogP contribution in [-0.2, 0) is 53.3 Å². The van der Waals surface area contributed by atoms with Crippen molar-refractivity contribution < 1.29 is 73.7 Å². The molecular weight excluding hydrogens is 976 g/mol. The molecule has 0 aliphatic heterocycles. The van der Waals surface area contributed by atoms with E-state index in [0.717, 1.165) is 64.2 Å². The third-order valence-electron chi connectivity index (χ3n) is 12.3. The molecule has 2 radical (unpaired) electrons. The fourth-order valence-corrected chi connectivity index (χ4v) is 7.84. The van der Waals surface area contributed by atoms with Crippen molar-refractivity contribution in [3.8, 4) is 0 Å². The Morgan fingerprint density at radius 3 is 0.500 bits per heavy atom. The normalized spacial score (nSPS) is 10.6. The van der Waals surface area contributed by atoms with Crippen LogP contribution in [0.4, 0.5) is 0 Å². The van der Waals surface area contributed by atoms with Gasteiger partial charge in [-0.3, -0.25) is 0 Å². The van der Waals surface area contributed by atoms with Crippen LogP contribution >= 0.6 is 0 Å². The summed E-state index contributed by atoms with van der Waals surface area (Å²) >= 11 is 0. The van der Waals surface area contributed by atoms with E-state index in [9.17, 15) is 39.6 Å². The Labute approximate surface area is 455 Å². The first kappa shape index (κ1) is 79.8. The minimum absolute atomic E-state index is 0. The summed E-state index contributed by atoms with van der Waals surface area (Å²) in [7, 11) is 0. The van der Waals surface area contributed by atoms with Gasteiger partial charge in [-0.25, -0.2) is 0 Å². The molecule has 0 aromatic heterocycles. The molecular formula is C60H112Cu2O8. The van der Waals surface area contributed by atoms with Gasteiger partial charge in [-0.05, 0) is 103 Å². The van der Waals surface area contributed by atoms with E-state index in [1.54, 1.807) is 0 Å². The summed E-state index contributed by atoms with van der Waals surface area (Å²) in [4.78, 5) is 40.6. The van der Waals surface area contributed by atoms with Crippen LogP contribution in [0.5, 0.6) is 0 Å². The van der Waals surface area contributed by atoms with Crippen molar-refractivity contribution in [1.29, 1.82) is 0 Å². The maximum atomic E-state index is 10.2. The second-order valence-electron chi connectivity index (χ2n) is 19.3. The average Bonchev–Trinajstić information content (AvgIpc) is 3.30. The zero-order valence-corrected chi connectivity index (χ0v) is 48.0. The Morgan fingerprint density at radius 2 is 0.357 bits per heavy atom. The van der Waals surface area contributed by atoms with Gasteiger partial charge in [0.05, 0.1) is 0 Å². The predicted octanol–water partition coefficient (Wildman–Crippen LogP) is 14.9. The number of carbonyl (C=O) groups excluding carboxylic acids is 4. The number of aliphatic carboxylic acids is 4. The predicted molar refractivity (Wildman–Crippen MR) is 283 cm³/mol. The summed E-state index contributed by atoms with van der Waals surface area (Å²) in [6.45, 7) is 8.96. The van der Waals surface area contributed by atoms with E-state index in [1.165, 1.54) is 218 Å². The molecule has 0 aromatic carbocycles. The van der Waals surface area contributed by atoms with Gasteiger partial charge in [-0.15, -0.1) is 0 Å². The summed E-state index contributed by atoms with van der Waals surface area (Å²) in [5.74, 6) is -3.65. The van der Waals surface area contributed by atoms with Gasteiger partial charge in [0.2, 0.25) is 0 Å². The summed E-state index contributed by atoms with van der Waals surface area (Å²) in [5, 5.41) is 40.6. The van der Waals surface area contributed by atoms with E-state index >= 15 is 0 Å². The Kier molecular flexibility index (Phi) is 87.0. The molecule has 0 saturated carbocycles. The smallest absolute Gasteiger partial charge is 0.550 e. The average molecular weight is 1090 g/mol. The first-order chi connectivity index (χ1) is 33.1. The number of rotatable bonds is 50. The van der Waals surface area contributed by atoms with E-state index in [1.807, 2.05) is 0 Å². The second kappa shape index (κ2) is 76.3. The van der Waals surface area contributed by atoms with Gasteiger partial charge in [-0.2, -0.15) is 0 Å². The van der Waals surface area contributed by atoms with Crippen molar-refractivity contribution >= 4 is 23.9 Å². The van der Waals surface area contributed by atoms with E-state index < -0.39 is 23.9 Å². The summed E-state index contributed by atoms with van der Waals surface area (Å²) in [6.07, 6.45) is 64.1. The molecule has 0 heterocycles. The molecule has 0 aromatic rings. The number of unbranched alkanes of at least 4 members (excludes halogenated alkanes) is 38. The SMILES string of the molecule is CCCCCCCC/C=C\CCCCCCCC(=O)[O-].CCCCCCCC/C=C\CCCCCCCC(=O)[O-].CCCCCCCCCCCC(=O)[O-].CCCCCCCCCCCC(=O)[O-].[Cu+2].[Cu+2]. The Morgan fingerprint density at radius 1 is 0.229 bits per heavy atom. The number of hydrogen-bond donors (Lipinski definition) is 0. The van der Waals surface area contributed by atoms with Crippen molar-refractivity contribution in [3.05, 3.63) is 24.3 Å². The number of carboxylic acid groups (broad SMARTS) is 4. The molecule has 0 aliphatic rings. The number of carbonyl (C=O) groups is 4. The number of hydrogen-bond acceptors (Lipinski definition) is 8. The summed E-state index contributed by atoms with van der Waals surface area (Å²) in [6, 6.07) is 0. The first-order valence-electron chi connectivity index (χ1n) is 29.2. The van der Waals surface area contributed by atoms with Crippen LogP contribution in [0.25, 0.3) is 0 Å². The molecule has 8 nitrogen and oxygen atoms in total. The van der Waals surface area contributed by atoms with E-state index in [2.05, 4.69) is 52.0 Å². The molecule has 0 rings (SSSR count). The Hall–Kier alpha value is -1.60. The molecule has 10 heteroatoms. The minimum atomic E-state index is -0.914. The molecule has 0 atom stereocenters. The Bertz CT molecular complexity index is 985. The van der Waals surface area contributed by atoms with E-state index in [0.29, 0.717) is 0 Å². The van der Waals surface area contributed by atoms with Gasteiger partial charge >= 0.3 is 34.1 Å². The van der Waals surface area contributed by atoms with E-state index in [4.69, 9.17) is 0 Å². The van der Waals surface area contributed by atoms with Gasteiger partial charge in [0.15, 0.2) is 0 Å².